The summed E-state index contributed by atoms with van der Waals surface area (Å²) >= 11 is 12.0. The maximum atomic E-state index is 6.11. The van der Waals surface area contributed by atoms with Crippen LogP contribution in [0.5, 0.6) is 0 Å². The van der Waals surface area contributed by atoms with Crippen LogP contribution in [0.4, 0.5) is 0 Å². The van der Waals surface area contributed by atoms with E-state index in [4.69, 9.17) is 32.1 Å². The maximum Gasteiger partial charge on any atom is 0.227 e. The van der Waals surface area contributed by atoms with Crippen LogP contribution in [0.1, 0.15) is 11.7 Å². The summed E-state index contributed by atoms with van der Waals surface area (Å²) in [7, 11) is 0. The Labute approximate surface area is 125 Å². The Morgan fingerprint density at radius 2 is 2.00 bits per heavy atom. The number of furan rings is 1. The molecule has 0 aliphatic rings. The van der Waals surface area contributed by atoms with Crippen LogP contribution in [-0.2, 0) is 12.8 Å². The Balaban J connectivity index is 1.76. The second kappa shape index (κ2) is 5.69. The molecule has 2 aromatic heterocycles. The highest BCUT2D eigenvalue weighted by Crippen LogP contribution is 2.28. The van der Waals surface area contributed by atoms with Crippen molar-refractivity contribution in [3.05, 3.63) is 58.3 Å². The average Bonchev–Trinajstić information content (AvgIpc) is 3.07. The summed E-state index contributed by atoms with van der Waals surface area (Å²) < 4.78 is 10.5. The van der Waals surface area contributed by atoms with Crippen LogP contribution in [0.2, 0.25) is 10.0 Å². The highest BCUT2D eigenvalue weighted by molar-refractivity contribution is 6.36. The predicted molar refractivity (Wildman–Crippen MR) is 75.9 cm³/mol. The lowest BCUT2D eigenvalue weighted by molar-refractivity contribution is 0.374. The smallest absolute Gasteiger partial charge is 0.227 e. The molecule has 0 saturated heterocycles. The highest BCUT2D eigenvalue weighted by Gasteiger charge is 2.12. The van der Waals surface area contributed by atoms with Gasteiger partial charge in [0, 0.05) is 23.4 Å². The fourth-order valence-corrected chi connectivity index (χ4v) is 2.31. The molecule has 0 unspecified atom stereocenters. The third kappa shape index (κ3) is 2.86. The first-order valence-corrected chi connectivity index (χ1v) is 6.78. The van der Waals surface area contributed by atoms with Crippen molar-refractivity contribution in [2.45, 2.75) is 12.8 Å². The minimum Gasteiger partial charge on any atom is -0.469 e. The first kappa shape index (κ1) is 13.2. The number of benzene rings is 1. The summed E-state index contributed by atoms with van der Waals surface area (Å²) in [6.07, 6.45) is 2.97. The van der Waals surface area contributed by atoms with Crippen LogP contribution in [0.15, 0.2) is 45.5 Å². The third-order valence-electron chi connectivity index (χ3n) is 2.81. The molecule has 0 bridgehead atoms. The van der Waals surface area contributed by atoms with E-state index in [0.29, 0.717) is 40.2 Å². The molecule has 0 radical (unpaired) electrons. The van der Waals surface area contributed by atoms with E-state index in [0.717, 1.165) is 5.76 Å². The Kier molecular flexibility index (Phi) is 3.76. The van der Waals surface area contributed by atoms with Gasteiger partial charge in [0.2, 0.25) is 11.7 Å². The van der Waals surface area contributed by atoms with Gasteiger partial charge in [0.15, 0.2) is 0 Å². The van der Waals surface area contributed by atoms with Gasteiger partial charge in [-0.25, -0.2) is 0 Å². The molecule has 0 aliphatic carbocycles. The number of aryl methyl sites for hydroxylation is 2. The number of halogens is 2. The van der Waals surface area contributed by atoms with Crippen molar-refractivity contribution >= 4 is 23.2 Å². The first-order valence-electron chi connectivity index (χ1n) is 6.03. The molecule has 2 heterocycles. The summed E-state index contributed by atoms with van der Waals surface area (Å²) in [4.78, 5) is 4.32. The Morgan fingerprint density at radius 3 is 2.75 bits per heavy atom. The number of hydrogen-bond acceptors (Lipinski definition) is 4. The van der Waals surface area contributed by atoms with Crippen LogP contribution in [0, 0.1) is 0 Å². The van der Waals surface area contributed by atoms with Gasteiger partial charge < -0.3 is 8.94 Å². The molecule has 0 N–H and O–H groups in total. The van der Waals surface area contributed by atoms with Crippen molar-refractivity contribution in [3.8, 4) is 11.4 Å². The average molecular weight is 309 g/mol. The number of hydrogen-bond donors (Lipinski definition) is 0. The van der Waals surface area contributed by atoms with Crippen molar-refractivity contribution in [2.24, 2.45) is 0 Å². The van der Waals surface area contributed by atoms with Crippen molar-refractivity contribution in [3.63, 3.8) is 0 Å². The Hall–Kier alpha value is -1.78. The molecular formula is C14H10Cl2N2O2. The SMILES string of the molecule is Clc1ccc(-c2noc(CCc3ccco3)n2)c(Cl)c1. The van der Waals surface area contributed by atoms with Crippen LogP contribution in [0.3, 0.4) is 0 Å². The lowest BCUT2D eigenvalue weighted by Crippen LogP contribution is -1.90. The van der Waals surface area contributed by atoms with Gasteiger partial charge >= 0.3 is 0 Å². The number of nitrogens with zero attached hydrogens (tertiary/aromatic N) is 2. The molecule has 3 aromatic rings. The largest absolute Gasteiger partial charge is 0.469 e. The molecular weight excluding hydrogens is 299 g/mol. The normalized spacial score (nSPS) is 10.9. The van der Waals surface area contributed by atoms with Gasteiger partial charge in [0.25, 0.3) is 0 Å². The topological polar surface area (TPSA) is 52.1 Å². The van der Waals surface area contributed by atoms with E-state index in [1.54, 1.807) is 24.5 Å². The second-order valence-corrected chi connectivity index (χ2v) is 5.06. The molecule has 0 spiro atoms. The monoisotopic (exact) mass is 308 g/mol. The van der Waals surface area contributed by atoms with Crippen molar-refractivity contribution < 1.29 is 8.94 Å². The zero-order valence-electron chi connectivity index (χ0n) is 10.3. The van der Waals surface area contributed by atoms with Gasteiger partial charge in [0.05, 0.1) is 11.3 Å². The van der Waals surface area contributed by atoms with Crippen LogP contribution in [-0.4, -0.2) is 10.1 Å². The highest BCUT2D eigenvalue weighted by atomic mass is 35.5. The number of aromatic nitrogens is 2. The summed E-state index contributed by atoms with van der Waals surface area (Å²) in [5.41, 5.74) is 0.698. The molecule has 4 nitrogen and oxygen atoms in total. The van der Waals surface area contributed by atoms with Crippen LogP contribution >= 0.6 is 23.2 Å². The van der Waals surface area contributed by atoms with Gasteiger partial charge in [-0.1, -0.05) is 28.4 Å². The molecule has 0 fully saturated rings. The summed E-state index contributed by atoms with van der Waals surface area (Å²) in [5.74, 6) is 1.89. The quantitative estimate of drug-likeness (QED) is 0.716. The van der Waals surface area contributed by atoms with E-state index in [2.05, 4.69) is 10.1 Å². The minimum atomic E-state index is 0.459. The summed E-state index contributed by atoms with van der Waals surface area (Å²) in [6, 6.07) is 8.92. The van der Waals surface area contributed by atoms with Crippen molar-refractivity contribution in [1.29, 1.82) is 0 Å². The maximum absolute atomic E-state index is 6.11. The Morgan fingerprint density at radius 1 is 1.10 bits per heavy atom. The fourth-order valence-electron chi connectivity index (χ4n) is 1.82. The molecule has 6 heteroatoms. The fraction of sp³-hybridized carbons (Fsp3) is 0.143. The van der Waals surface area contributed by atoms with Gasteiger partial charge in [-0.05, 0) is 30.3 Å². The predicted octanol–water partition coefficient (Wildman–Crippen LogP) is 4.42. The third-order valence-corrected chi connectivity index (χ3v) is 3.35. The van der Waals surface area contributed by atoms with Crippen molar-refractivity contribution in [2.75, 3.05) is 0 Å². The van der Waals surface area contributed by atoms with Gasteiger partial charge in [-0.2, -0.15) is 4.98 Å². The lowest BCUT2D eigenvalue weighted by Gasteiger charge is -1.98. The lowest BCUT2D eigenvalue weighted by atomic mass is 10.2. The molecule has 3 rings (SSSR count). The van der Waals surface area contributed by atoms with E-state index >= 15 is 0 Å². The van der Waals surface area contributed by atoms with E-state index in [-0.39, 0.29) is 0 Å². The van der Waals surface area contributed by atoms with E-state index in [1.807, 2.05) is 12.1 Å². The van der Waals surface area contributed by atoms with Crippen LogP contribution in [0.25, 0.3) is 11.4 Å². The van der Waals surface area contributed by atoms with Gasteiger partial charge in [-0.3, -0.25) is 0 Å². The van der Waals surface area contributed by atoms with Gasteiger partial charge in [-0.15, -0.1) is 0 Å². The molecule has 0 aliphatic heterocycles. The number of rotatable bonds is 4. The zero-order chi connectivity index (χ0) is 13.9. The standard InChI is InChI=1S/C14H10Cl2N2O2/c15-9-3-5-11(12(16)8-9)14-17-13(20-18-14)6-4-10-2-1-7-19-10/h1-3,5,7-8H,4,6H2. The van der Waals surface area contributed by atoms with Crippen molar-refractivity contribution in [1.82, 2.24) is 10.1 Å². The molecule has 102 valence electrons. The summed E-state index contributed by atoms with van der Waals surface area (Å²) in [6.45, 7) is 0. The molecule has 1 aromatic carbocycles. The molecule has 20 heavy (non-hydrogen) atoms. The van der Waals surface area contributed by atoms with E-state index < -0.39 is 0 Å². The van der Waals surface area contributed by atoms with Crippen LogP contribution < -0.4 is 0 Å². The summed E-state index contributed by atoms with van der Waals surface area (Å²) in [5, 5.41) is 5.00. The molecule has 0 saturated carbocycles. The Bertz CT molecular complexity index is 708. The first-order chi connectivity index (χ1) is 9.72. The second-order valence-electron chi connectivity index (χ2n) is 4.22. The van der Waals surface area contributed by atoms with Gasteiger partial charge in [0.1, 0.15) is 5.76 Å². The molecule has 0 amide bonds. The van der Waals surface area contributed by atoms with E-state index in [9.17, 15) is 0 Å². The minimum absolute atomic E-state index is 0.459. The zero-order valence-corrected chi connectivity index (χ0v) is 11.9. The molecule has 0 atom stereocenters. The van der Waals surface area contributed by atoms with E-state index in [1.165, 1.54) is 0 Å².